The predicted octanol–water partition coefficient (Wildman–Crippen LogP) is 2.62. The van der Waals surface area contributed by atoms with Crippen molar-refractivity contribution in [2.24, 2.45) is 5.73 Å². The lowest BCUT2D eigenvalue weighted by molar-refractivity contribution is -0.135. The van der Waals surface area contributed by atoms with Crippen molar-refractivity contribution < 1.29 is 4.79 Å². The van der Waals surface area contributed by atoms with E-state index in [4.69, 9.17) is 5.73 Å². The Balaban J connectivity index is 2.37. The lowest BCUT2D eigenvalue weighted by atomic mass is 9.96. The van der Waals surface area contributed by atoms with Crippen molar-refractivity contribution in [1.82, 2.24) is 9.80 Å². The third-order valence-corrected chi connectivity index (χ3v) is 4.42. The SMILES string of the molecule is CCCN(CCC)CCCC(=O)N1CCCCC1C(C)N. The molecule has 0 aromatic heterocycles. The highest BCUT2D eigenvalue weighted by atomic mass is 16.2. The summed E-state index contributed by atoms with van der Waals surface area (Å²) >= 11 is 0. The van der Waals surface area contributed by atoms with Gasteiger partial charge in [0.2, 0.25) is 5.91 Å². The first kappa shape index (κ1) is 18.4. The number of nitrogens with two attached hydrogens (primary N) is 1. The maximum absolute atomic E-state index is 12.5. The summed E-state index contributed by atoms with van der Waals surface area (Å²) < 4.78 is 0. The third kappa shape index (κ3) is 6.35. The average Bonchev–Trinajstić information content (AvgIpc) is 2.47. The first-order valence-corrected chi connectivity index (χ1v) is 8.87. The van der Waals surface area contributed by atoms with E-state index >= 15 is 0 Å². The number of hydrogen-bond acceptors (Lipinski definition) is 3. The second-order valence-electron chi connectivity index (χ2n) is 6.45. The fourth-order valence-electron chi connectivity index (χ4n) is 3.38. The van der Waals surface area contributed by atoms with Crippen molar-refractivity contribution in [2.75, 3.05) is 26.2 Å². The zero-order valence-corrected chi connectivity index (χ0v) is 14.3. The number of rotatable bonds is 9. The molecule has 2 unspecified atom stereocenters. The van der Waals surface area contributed by atoms with E-state index in [0.29, 0.717) is 12.3 Å². The van der Waals surface area contributed by atoms with Gasteiger partial charge >= 0.3 is 0 Å². The Morgan fingerprint density at radius 3 is 2.48 bits per heavy atom. The Labute approximate surface area is 131 Å². The molecule has 21 heavy (non-hydrogen) atoms. The molecule has 2 N–H and O–H groups in total. The Morgan fingerprint density at radius 2 is 1.90 bits per heavy atom. The highest BCUT2D eigenvalue weighted by Crippen LogP contribution is 2.20. The minimum absolute atomic E-state index is 0.0888. The van der Waals surface area contributed by atoms with Gasteiger partial charge in [0, 0.05) is 25.0 Å². The number of likely N-dealkylation sites (tertiary alicyclic amines) is 1. The van der Waals surface area contributed by atoms with Crippen LogP contribution in [-0.2, 0) is 4.79 Å². The van der Waals surface area contributed by atoms with Gasteiger partial charge in [-0.2, -0.15) is 0 Å². The first-order valence-electron chi connectivity index (χ1n) is 8.87. The van der Waals surface area contributed by atoms with Crippen LogP contribution in [0, 0.1) is 0 Å². The monoisotopic (exact) mass is 297 g/mol. The van der Waals surface area contributed by atoms with Crippen molar-refractivity contribution in [3.05, 3.63) is 0 Å². The quantitative estimate of drug-likeness (QED) is 0.712. The second kappa shape index (κ2) is 10.2. The summed E-state index contributed by atoms with van der Waals surface area (Å²) in [5, 5.41) is 0. The van der Waals surface area contributed by atoms with E-state index in [-0.39, 0.29) is 12.1 Å². The summed E-state index contributed by atoms with van der Waals surface area (Å²) in [6.45, 7) is 10.7. The van der Waals surface area contributed by atoms with Gasteiger partial charge in [0.05, 0.1) is 0 Å². The molecule has 4 nitrogen and oxygen atoms in total. The van der Waals surface area contributed by atoms with Crippen LogP contribution in [0.25, 0.3) is 0 Å². The molecule has 4 heteroatoms. The maximum atomic E-state index is 12.5. The molecule has 1 fully saturated rings. The Bertz CT molecular complexity index is 288. The molecule has 1 saturated heterocycles. The van der Waals surface area contributed by atoms with E-state index in [9.17, 15) is 4.79 Å². The number of piperidine rings is 1. The molecule has 0 aliphatic carbocycles. The second-order valence-corrected chi connectivity index (χ2v) is 6.45. The largest absolute Gasteiger partial charge is 0.338 e. The summed E-state index contributed by atoms with van der Waals surface area (Å²) in [6, 6.07) is 0.347. The predicted molar refractivity (Wildman–Crippen MR) is 89.3 cm³/mol. The van der Waals surface area contributed by atoms with Gasteiger partial charge < -0.3 is 15.5 Å². The standard InChI is InChI=1S/C17H35N3O/c1-4-11-19(12-5-2)13-8-10-17(21)20-14-7-6-9-16(20)15(3)18/h15-16H,4-14,18H2,1-3H3. The zero-order valence-electron chi connectivity index (χ0n) is 14.3. The molecule has 124 valence electrons. The fraction of sp³-hybridized carbons (Fsp3) is 0.941. The van der Waals surface area contributed by atoms with Crippen molar-refractivity contribution in [2.45, 2.75) is 77.8 Å². The van der Waals surface area contributed by atoms with Crippen LogP contribution in [0.4, 0.5) is 0 Å². The third-order valence-electron chi connectivity index (χ3n) is 4.42. The van der Waals surface area contributed by atoms with Crippen LogP contribution in [0.15, 0.2) is 0 Å². The van der Waals surface area contributed by atoms with Gasteiger partial charge in [-0.05, 0) is 65.1 Å². The van der Waals surface area contributed by atoms with Crippen molar-refractivity contribution >= 4 is 5.91 Å². The van der Waals surface area contributed by atoms with E-state index in [1.807, 2.05) is 6.92 Å². The van der Waals surface area contributed by atoms with Crippen LogP contribution in [0.5, 0.6) is 0 Å². The topological polar surface area (TPSA) is 49.6 Å². The Hall–Kier alpha value is -0.610. The number of hydrogen-bond donors (Lipinski definition) is 1. The number of carbonyl (C=O) groups is 1. The summed E-state index contributed by atoms with van der Waals surface area (Å²) in [4.78, 5) is 17.0. The molecule has 1 aliphatic rings. The normalized spacial score (nSPS) is 20.8. The van der Waals surface area contributed by atoms with Gasteiger partial charge in [-0.25, -0.2) is 0 Å². The Kier molecular flexibility index (Phi) is 8.93. The molecule has 1 heterocycles. The molecular formula is C17H35N3O. The molecule has 1 rings (SSSR count). The summed E-state index contributed by atoms with van der Waals surface area (Å²) in [7, 11) is 0. The minimum atomic E-state index is 0.0888. The summed E-state index contributed by atoms with van der Waals surface area (Å²) in [6.07, 6.45) is 7.43. The van der Waals surface area contributed by atoms with Crippen LogP contribution in [0.1, 0.15) is 65.7 Å². The fourth-order valence-corrected chi connectivity index (χ4v) is 3.38. The molecule has 1 amide bonds. The average molecular weight is 297 g/mol. The Morgan fingerprint density at radius 1 is 1.24 bits per heavy atom. The van der Waals surface area contributed by atoms with Gasteiger partial charge in [0.15, 0.2) is 0 Å². The highest BCUT2D eigenvalue weighted by molar-refractivity contribution is 5.76. The lowest BCUT2D eigenvalue weighted by Gasteiger charge is -2.38. The van der Waals surface area contributed by atoms with Crippen LogP contribution in [0.3, 0.4) is 0 Å². The van der Waals surface area contributed by atoms with Crippen LogP contribution >= 0.6 is 0 Å². The molecular weight excluding hydrogens is 262 g/mol. The molecule has 0 bridgehead atoms. The smallest absolute Gasteiger partial charge is 0.222 e. The molecule has 0 radical (unpaired) electrons. The van der Waals surface area contributed by atoms with Gasteiger partial charge in [0.1, 0.15) is 0 Å². The van der Waals surface area contributed by atoms with Crippen LogP contribution in [-0.4, -0.2) is 54.0 Å². The molecule has 0 aromatic rings. The highest BCUT2D eigenvalue weighted by Gasteiger charge is 2.28. The molecule has 0 spiro atoms. The molecule has 2 atom stereocenters. The van der Waals surface area contributed by atoms with Crippen molar-refractivity contribution in [3.8, 4) is 0 Å². The van der Waals surface area contributed by atoms with Crippen LogP contribution in [0.2, 0.25) is 0 Å². The number of amides is 1. The summed E-state index contributed by atoms with van der Waals surface area (Å²) in [5.74, 6) is 0.310. The number of carbonyl (C=O) groups excluding carboxylic acids is 1. The minimum Gasteiger partial charge on any atom is -0.338 e. The van der Waals surface area contributed by atoms with Gasteiger partial charge in [0.25, 0.3) is 0 Å². The lowest BCUT2D eigenvalue weighted by Crippen LogP contribution is -2.51. The van der Waals surface area contributed by atoms with E-state index in [1.54, 1.807) is 0 Å². The molecule has 0 saturated carbocycles. The van der Waals surface area contributed by atoms with Crippen LogP contribution < -0.4 is 5.73 Å². The first-order chi connectivity index (χ1) is 10.1. The van der Waals surface area contributed by atoms with Crippen molar-refractivity contribution in [3.63, 3.8) is 0 Å². The van der Waals surface area contributed by atoms with Gasteiger partial charge in [-0.1, -0.05) is 13.8 Å². The van der Waals surface area contributed by atoms with E-state index in [2.05, 4.69) is 23.6 Å². The number of nitrogens with zero attached hydrogens (tertiary/aromatic N) is 2. The van der Waals surface area contributed by atoms with E-state index in [1.165, 1.54) is 19.3 Å². The summed E-state index contributed by atoms with van der Waals surface area (Å²) in [5.41, 5.74) is 6.05. The van der Waals surface area contributed by atoms with E-state index in [0.717, 1.165) is 45.4 Å². The zero-order chi connectivity index (χ0) is 15.7. The van der Waals surface area contributed by atoms with Crippen molar-refractivity contribution in [1.29, 1.82) is 0 Å². The molecule has 1 aliphatic heterocycles. The van der Waals surface area contributed by atoms with E-state index < -0.39 is 0 Å². The van der Waals surface area contributed by atoms with Gasteiger partial charge in [-0.3, -0.25) is 4.79 Å². The molecule has 0 aromatic carbocycles. The maximum Gasteiger partial charge on any atom is 0.222 e. The van der Waals surface area contributed by atoms with Gasteiger partial charge in [-0.15, -0.1) is 0 Å².